The first-order valence-electron chi connectivity index (χ1n) is 6.95. The molecule has 0 aliphatic carbocycles. The normalized spacial score (nSPS) is 10.3. The summed E-state index contributed by atoms with van der Waals surface area (Å²) in [5, 5.41) is 12.4. The van der Waals surface area contributed by atoms with Crippen LogP contribution in [0.15, 0.2) is 40.9 Å². The molecule has 0 spiro atoms. The highest BCUT2D eigenvalue weighted by atomic mass is 79.9. The smallest absolute Gasteiger partial charge is 0.337 e. The van der Waals surface area contributed by atoms with E-state index in [1.165, 1.54) is 0 Å². The van der Waals surface area contributed by atoms with Gasteiger partial charge in [-0.2, -0.15) is 0 Å². The standard InChI is InChI=1S/C17H18BrNO3/c1-11-9-13(17(20)21)16(14(18)10-11)19-7-8-22-15-6-4-3-5-12(15)2/h3-6,9-10,19H,7-8H2,1-2H3,(H,20,21). The molecule has 116 valence electrons. The molecule has 0 fully saturated rings. The van der Waals surface area contributed by atoms with E-state index in [1.807, 2.05) is 44.2 Å². The second kappa shape index (κ2) is 7.31. The summed E-state index contributed by atoms with van der Waals surface area (Å²) in [6.45, 7) is 4.81. The van der Waals surface area contributed by atoms with E-state index in [9.17, 15) is 9.90 Å². The number of carboxylic acids is 1. The van der Waals surface area contributed by atoms with Gasteiger partial charge in [0.25, 0.3) is 0 Å². The van der Waals surface area contributed by atoms with E-state index >= 15 is 0 Å². The van der Waals surface area contributed by atoms with Gasteiger partial charge in [0.2, 0.25) is 0 Å². The van der Waals surface area contributed by atoms with Crippen LogP contribution in [0.5, 0.6) is 5.75 Å². The Kier molecular flexibility index (Phi) is 5.44. The molecule has 22 heavy (non-hydrogen) atoms. The number of para-hydroxylation sites is 1. The molecule has 0 bridgehead atoms. The van der Waals surface area contributed by atoms with Gasteiger partial charge in [0.05, 0.1) is 11.3 Å². The molecule has 0 saturated heterocycles. The van der Waals surface area contributed by atoms with Gasteiger partial charge in [-0.3, -0.25) is 0 Å². The first-order valence-corrected chi connectivity index (χ1v) is 7.74. The summed E-state index contributed by atoms with van der Waals surface area (Å²) >= 11 is 3.41. The number of anilines is 1. The van der Waals surface area contributed by atoms with Gasteiger partial charge in [-0.25, -0.2) is 4.79 Å². The Morgan fingerprint density at radius 2 is 2.00 bits per heavy atom. The highest BCUT2D eigenvalue weighted by molar-refractivity contribution is 9.10. The topological polar surface area (TPSA) is 58.6 Å². The molecule has 0 heterocycles. The molecule has 0 atom stereocenters. The van der Waals surface area contributed by atoms with Crippen molar-refractivity contribution in [1.29, 1.82) is 0 Å². The minimum Gasteiger partial charge on any atom is -0.491 e. The van der Waals surface area contributed by atoms with Crippen LogP contribution >= 0.6 is 15.9 Å². The van der Waals surface area contributed by atoms with E-state index in [-0.39, 0.29) is 5.56 Å². The number of benzene rings is 2. The fourth-order valence-corrected chi connectivity index (χ4v) is 2.86. The molecule has 0 amide bonds. The maximum absolute atomic E-state index is 11.3. The monoisotopic (exact) mass is 363 g/mol. The lowest BCUT2D eigenvalue weighted by Crippen LogP contribution is -2.15. The quantitative estimate of drug-likeness (QED) is 0.753. The van der Waals surface area contributed by atoms with Crippen molar-refractivity contribution in [3.63, 3.8) is 0 Å². The Morgan fingerprint density at radius 3 is 2.68 bits per heavy atom. The minimum absolute atomic E-state index is 0.253. The van der Waals surface area contributed by atoms with E-state index in [0.717, 1.165) is 21.3 Å². The zero-order chi connectivity index (χ0) is 16.1. The Labute approximate surface area is 138 Å². The molecule has 0 unspecified atom stereocenters. The number of hydrogen-bond donors (Lipinski definition) is 2. The summed E-state index contributed by atoms with van der Waals surface area (Å²) in [4.78, 5) is 11.3. The lowest BCUT2D eigenvalue weighted by molar-refractivity contribution is 0.0697. The van der Waals surface area contributed by atoms with Crippen molar-refractivity contribution < 1.29 is 14.6 Å². The van der Waals surface area contributed by atoms with Crippen LogP contribution in [0.3, 0.4) is 0 Å². The van der Waals surface area contributed by atoms with Crippen molar-refractivity contribution in [2.75, 3.05) is 18.5 Å². The van der Waals surface area contributed by atoms with Crippen molar-refractivity contribution in [3.8, 4) is 5.75 Å². The number of nitrogens with one attached hydrogen (secondary N) is 1. The summed E-state index contributed by atoms with van der Waals surface area (Å²) in [5.41, 5.74) is 2.80. The molecule has 2 rings (SSSR count). The number of halogens is 1. The fraction of sp³-hybridized carbons (Fsp3) is 0.235. The van der Waals surface area contributed by atoms with Gasteiger partial charge in [-0.05, 0) is 59.1 Å². The number of carbonyl (C=O) groups is 1. The molecule has 2 N–H and O–H groups in total. The van der Waals surface area contributed by atoms with Gasteiger partial charge in [0.15, 0.2) is 0 Å². The summed E-state index contributed by atoms with van der Waals surface area (Å²) in [6, 6.07) is 11.3. The molecule has 5 heteroatoms. The average molecular weight is 364 g/mol. The van der Waals surface area contributed by atoms with Crippen molar-refractivity contribution in [2.45, 2.75) is 13.8 Å². The lowest BCUT2D eigenvalue weighted by Gasteiger charge is -2.14. The van der Waals surface area contributed by atoms with E-state index in [1.54, 1.807) is 6.07 Å². The third-order valence-electron chi connectivity index (χ3n) is 3.22. The van der Waals surface area contributed by atoms with Gasteiger partial charge in [-0.1, -0.05) is 18.2 Å². The SMILES string of the molecule is Cc1cc(Br)c(NCCOc2ccccc2C)c(C(=O)O)c1. The van der Waals surface area contributed by atoms with Gasteiger partial charge in [-0.15, -0.1) is 0 Å². The van der Waals surface area contributed by atoms with Crippen LogP contribution < -0.4 is 10.1 Å². The van der Waals surface area contributed by atoms with Crippen LogP contribution in [0.25, 0.3) is 0 Å². The number of aromatic carboxylic acids is 1. The summed E-state index contributed by atoms with van der Waals surface area (Å²) in [6.07, 6.45) is 0. The molecule has 4 nitrogen and oxygen atoms in total. The summed E-state index contributed by atoms with van der Waals surface area (Å²) < 4.78 is 6.43. The zero-order valence-corrected chi connectivity index (χ0v) is 14.1. The minimum atomic E-state index is -0.952. The largest absolute Gasteiger partial charge is 0.491 e. The second-order valence-corrected chi connectivity index (χ2v) is 5.87. The molecular formula is C17H18BrNO3. The highest BCUT2D eigenvalue weighted by Crippen LogP contribution is 2.28. The molecular weight excluding hydrogens is 346 g/mol. The van der Waals surface area contributed by atoms with Crippen LogP contribution in [0.1, 0.15) is 21.5 Å². The predicted molar refractivity (Wildman–Crippen MR) is 91.0 cm³/mol. The first-order chi connectivity index (χ1) is 10.5. The van der Waals surface area contributed by atoms with Crippen molar-refractivity contribution >= 4 is 27.6 Å². The van der Waals surface area contributed by atoms with Crippen LogP contribution in [0.4, 0.5) is 5.69 Å². The van der Waals surface area contributed by atoms with Crippen molar-refractivity contribution in [3.05, 3.63) is 57.6 Å². The lowest BCUT2D eigenvalue weighted by atomic mass is 10.1. The molecule has 0 aliphatic rings. The molecule has 0 saturated carbocycles. The van der Waals surface area contributed by atoms with Gasteiger partial charge >= 0.3 is 5.97 Å². The van der Waals surface area contributed by atoms with Crippen LogP contribution in [0, 0.1) is 13.8 Å². The number of ether oxygens (including phenoxy) is 1. The predicted octanol–water partition coefficient (Wildman–Crippen LogP) is 4.26. The van der Waals surface area contributed by atoms with E-state index in [2.05, 4.69) is 21.2 Å². The Balaban J connectivity index is 2.00. The number of hydrogen-bond acceptors (Lipinski definition) is 3. The third-order valence-corrected chi connectivity index (χ3v) is 3.85. The maximum Gasteiger partial charge on any atom is 0.337 e. The maximum atomic E-state index is 11.3. The van der Waals surface area contributed by atoms with E-state index < -0.39 is 5.97 Å². The summed E-state index contributed by atoms with van der Waals surface area (Å²) in [7, 11) is 0. The van der Waals surface area contributed by atoms with Gasteiger partial charge in [0, 0.05) is 11.0 Å². The van der Waals surface area contributed by atoms with Crippen molar-refractivity contribution in [2.24, 2.45) is 0 Å². The third kappa shape index (κ3) is 4.01. The first kappa shape index (κ1) is 16.4. The second-order valence-electron chi connectivity index (χ2n) is 5.02. The van der Waals surface area contributed by atoms with Gasteiger partial charge < -0.3 is 15.2 Å². The Morgan fingerprint density at radius 1 is 1.27 bits per heavy atom. The zero-order valence-electron chi connectivity index (χ0n) is 12.5. The van der Waals surface area contributed by atoms with Gasteiger partial charge in [0.1, 0.15) is 12.4 Å². The molecule has 2 aromatic carbocycles. The average Bonchev–Trinajstić information content (AvgIpc) is 2.46. The number of aryl methyl sites for hydroxylation is 2. The van der Waals surface area contributed by atoms with Crippen molar-refractivity contribution in [1.82, 2.24) is 0 Å². The highest BCUT2D eigenvalue weighted by Gasteiger charge is 2.13. The Hall–Kier alpha value is -2.01. The van der Waals surface area contributed by atoms with E-state index in [4.69, 9.17) is 4.74 Å². The fourth-order valence-electron chi connectivity index (χ4n) is 2.15. The Bertz CT molecular complexity index is 686. The molecule has 0 aliphatic heterocycles. The van der Waals surface area contributed by atoms with Crippen LogP contribution in [0.2, 0.25) is 0 Å². The number of carboxylic acid groups (broad SMARTS) is 1. The molecule has 0 radical (unpaired) electrons. The van der Waals surface area contributed by atoms with Crippen LogP contribution in [-0.4, -0.2) is 24.2 Å². The number of rotatable bonds is 6. The molecule has 2 aromatic rings. The van der Waals surface area contributed by atoms with E-state index in [0.29, 0.717) is 18.8 Å². The van der Waals surface area contributed by atoms with Crippen LogP contribution in [-0.2, 0) is 0 Å². The summed E-state index contributed by atoms with van der Waals surface area (Å²) in [5.74, 6) is -0.113. The molecule has 0 aromatic heterocycles.